The fourth-order valence-electron chi connectivity index (χ4n) is 1.28. The summed E-state index contributed by atoms with van der Waals surface area (Å²) >= 11 is 0. The molecule has 63 valence electrons. The van der Waals surface area contributed by atoms with Crippen molar-refractivity contribution >= 4 is 16.7 Å². The molecule has 3 heteroatoms. The number of rotatable bonds is 1. The Hall–Kier alpha value is -0.466. The molecule has 0 amide bonds. The second-order valence-corrected chi connectivity index (χ2v) is 2.72. The summed E-state index contributed by atoms with van der Waals surface area (Å²) in [6.07, 6.45) is 1.73. The summed E-state index contributed by atoms with van der Waals surface area (Å²) < 4.78 is 0. The van der Waals surface area contributed by atoms with Crippen LogP contribution in [0.25, 0.3) is 10.9 Å². The first kappa shape index (κ1) is 10.6. The number of aromatic nitrogens is 1. The van der Waals surface area contributed by atoms with Crippen LogP contribution in [0.2, 0.25) is 0 Å². The molecule has 0 aliphatic rings. The predicted octanol–water partition coefficient (Wildman–Crippen LogP) is 2.17. The van der Waals surface area contributed by atoms with Crippen LogP contribution in [-0.2, 0) is 32.7 Å². The topological polar surface area (TPSA) is 32.9 Å². The van der Waals surface area contributed by atoms with E-state index in [2.05, 4.69) is 11.1 Å². The molecular formula is C10H8NOY-. The SMILES string of the molecule is CC(=O)c1c[nH]c2ccc[c-]c12.[Y]. The summed E-state index contributed by atoms with van der Waals surface area (Å²) in [5.41, 5.74) is 1.67. The van der Waals surface area contributed by atoms with Crippen LogP contribution in [0, 0.1) is 6.07 Å². The van der Waals surface area contributed by atoms with E-state index in [4.69, 9.17) is 0 Å². The molecule has 2 rings (SSSR count). The van der Waals surface area contributed by atoms with Crippen molar-refractivity contribution in [2.75, 3.05) is 0 Å². The van der Waals surface area contributed by atoms with Gasteiger partial charge in [0.15, 0.2) is 0 Å². The summed E-state index contributed by atoms with van der Waals surface area (Å²) in [5.74, 6) is 0.0729. The fourth-order valence-corrected chi connectivity index (χ4v) is 1.28. The number of hydrogen-bond donors (Lipinski definition) is 1. The summed E-state index contributed by atoms with van der Waals surface area (Å²) in [6, 6.07) is 8.66. The molecule has 1 radical (unpaired) electrons. The van der Waals surface area contributed by atoms with E-state index >= 15 is 0 Å². The molecule has 0 spiro atoms. The van der Waals surface area contributed by atoms with E-state index in [0.29, 0.717) is 5.56 Å². The molecule has 0 bridgehead atoms. The summed E-state index contributed by atoms with van der Waals surface area (Å²) in [7, 11) is 0. The van der Waals surface area contributed by atoms with Gasteiger partial charge in [0.1, 0.15) is 5.78 Å². The zero-order chi connectivity index (χ0) is 8.55. The first-order valence-corrected chi connectivity index (χ1v) is 3.78. The van der Waals surface area contributed by atoms with Gasteiger partial charge in [-0.1, -0.05) is 0 Å². The molecule has 1 aromatic heterocycles. The van der Waals surface area contributed by atoms with Gasteiger partial charge in [-0.25, -0.2) is 0 Å². The van der Waals surface area contributed by atoms with Gasteiger partial charge < -0.3 is 9.78 Å². The molecule has 0 aliphatic carbocycles. The van der Waals surface area contributed by atoms with E-state index in [0.717, 1.165) is 10.9 Å². The quantitative estimate of drug-likeness (QED) is 0.608. The second-order valence-electron chi connectivity index (χ2n) is 2.72. The van der Waals surface area contributed by atoms with E-state index in [1.165, 1.54) is 0 Å². The van der Waals surface area contributed by atoms with Gasteiger partial charge >= 0.3 is 0 Å². The maximum atomic E-state index is 11.1. The number of Topliss-reactive ketones (excluding diaryl/α,β-unsaturated/α-hetero) is 1. The van der Waals surface area contributed by atoms with E-state index in [-0.39, 0.29) is 38.5 Å². The Morgan fingerprint density at radius 1 is 1.54 bits per heavy atom. The van der Waals surface area contributed by atoms with Crippen LogP contribution in [0.1, 0.15) is 17.3 Å². The monoisotopic (exact) mass is 247 g/mol. The van der Waals surface area contributed by atoms with Crippen molar-refractivity contribution in [2.45, 2.75) is 6.92 Å². The van der Waals surface area contributed by atoms with Crippen LogP contribution in [-0.4, -0.2) is 10.8 Å². The minimum absolute atomic E-state index is 0. The van der Waals surface area contributed by atoms with Crippen molar-refractivity contribution < 1.29 is 37.5 Å². The number of ketones is 1. The minimum atomic E-state index is 0. The molecule has 1 heterocycles. The minimum Gasteiger partial charge on any atom is -0.408 e. The Kier molecular flexibility index (Phi) is 3.40. The van der Waals surface area contributed by atoms with Gasteiger partial charge in [0.2, 0.25) is 0 Å². The number of nitrogens with one attached hydrogen (secondary N) is 1. The summed E-state index contributed by atoms with van der Waals surface area (Å²) in [5, 5.41) is 0.880. The van der Waals surface area contributed by atoms with Crippen LogP contribution < -0.4 is 0 Å². The average Bonchev–Trinajstić information content (AvgIpc) is 2.47. The standard InChI is InChI=1S/C10H8NO.Y/c1-7(12)9-6-11-10-5-3-2-4-8(9)10;/h2-3,5-6,11H,1H3;/q-1;. The van der Waals surface area contributed by atoms with Crippen LogP contribution >= 0.6 is 0 Å². The Labute approximate surface area is 102 Å². The fraction of sp³-hybridized carbons (Fsp3) is 0.100. The van der Waals surface area contributed by atoms with Gasteiger partial charge in [-0.2, -0.15) is 0 Å². The normalized spacial score (nSPS) is 9.62. The van der Waals surface area contributed by atoms with Crippen molar-refractivity contribution in [2.24, 2.45) is 0 Å². The average molecular weight is 247 g/mol. The Bertz CT molecular complexity index is 433. The maximum absolute atomic E-state index is 11.1. The molecular weight excluding hydrogens is 239 g/mol. The molecule has 2 aromatic rings. The second kappa shape index (κ2) is 4.16. The van der Waals surface area contributed by atoms with Crippen LogP contribution in [0.5, 0.6) is 0 Å². The van der Waals surface area contributed by atoms with Gasteiger partial charge in [-0.15, -0.1) is 29.7 Å². The first-order chi connectivity index (χ1) is 5.79. The first-order valence-electron chi connectivity index (χ1n) is 3.78. The third-order valence-electron chi connectivity index (χ3n) is 1.88. The number of carbonyl (C=O) groups excluding carboxylic acids is 1. The maximum Gasteiger partial charge on any atom is 0.121 e. The zero-order valence-electron chi connectivity index (χ0n) is 7.29. The van der Waals surface area contributed by atoms with Gasteiger partial charge in [-0.05, 0) is 24.2 Å². The summed E-state index contributed by atoms with van der Waals surface area (Å²) in [6.45, 7) is 1.56. The molecule has 0 aliphatic heterocycles. The van der Waals surface area contributed by atoms with E-state index in [1.54, 1.807) is 13.1 Å². The van der Waals surface area contributed by atoms with E-state index in [1.807, 2.05) is 18.2 Å². The number of aromatic amines is 1. The summed E-state index contributed by atoms with van der Waals surface area (Å²) in [4.78, 5) is 14.1. The molecule has 0 saturated heterocycles. The molecule has 1 aromatic carbocycles. The molecule has 13 heavy (non-hydrogen) atoms. The number of hydrogen-bond acceptors (Lipinski definition) is 1. The van der Waals surface area contributed by atoms with Crippen molar-refractivity contribution in [1.29, 1.82) is 0 Å². The molecule has 0 saturated carbocycles. The van der Waals surface area contributed by atoms with Gasteiger partial charge in [0, 0.05) is 32.7 Å². The van der Waals surface area contributed by atoms with E-state index in [9.17, 15) is 4.79 Å². The Balaban J connectivity index is 0.000000845. The molecule has 0 fully saturated rings. The number of carbonyl (C=O) groups is 1. The predicted molar refractivity (Wildman–Crippen MR) is 47.1 cm³/mol. The van der Waals surface area contributed by atoms with Crippen molar-refractivity contribution in [3.05, 3.63) is 36.0 Å². The third-order valence-corrected chi connectivity index (χ3v) is 1.88. The van der Waals surface area contributed by atoms with Gasteiger partial charge in [0.25, 0.3) is 0 Å². The van der Waals surface area contributed by atoms with Gasteiger partial charge in [-0.3, -0.25) is 0 Å². The number of fused-ring (bicyclic) bond motifs is 1. The Morgan fingerprint density at radius 2 is 2.31 bits per heavy atom. The smallest absolute Gasteiger partial charge is 0.121 e. The molecule has 0 atom stereocenters. The largest absolute Gasteiger partial charge is 0.408 e. The van der Waals surface area contributed by atoms with Crippen molar-refractivity contribution in [1.82, 2.24) is 4.98 Å². The van der Waals surface area contributed by atoms with Crippen molar-refractivity contribution in [3.8, 4) is 0 Å². The molecule has 2 nitrogen and oxygen atoms in total. The molecule has 1 N–H and O–H groups in total. The number of H-pyrrole nitrogens is 1. The number of benzene rings is 1. The van der Waals surface area contributed by atoms with Crippen LogP contribution in [0.15, 0.2) is 24.4 Å². The van der Waals surface area contributed by atoms with Gasteiger partial charge in [0.05, 0.1) is 0 Å². The van der Waals surface area contributed by atoms with E-state index < -0.39 is 0 Å². The van der Waals surface area contributed by atoms with Crippen molar-refractivity contribution in [3.63, 3.8) is 0 Å². The molecule has 0 unspecified atom stereocenters. The third kappa shape index (κ3) is 1.89. The van der Waals surface area contributed by atoms with Crippen LogP contribution in [0.3, 0.4) is 0 Å². The zero-order valence-corrected chi connectivity index (χ0v) is 10.1. The Morgan fingerprint density at radius 3 is 3.00 bits per heavy atom. The van der Waals surface area contributed by atoms with Crippen LogP contribution in [0.4, 0.5) is 0 Å².